The lowest BCUT2D eigenvalue weighted by Gasteiger charge is -2.20. The van der Waals surface area contributed by atoms with Crippen LogP contribution in [-0.2, 0) is 11.3 Å². The first-order valence-corrected chi connectivity index (χ1v) is 11.3. The highest BCUT2D eigenvalue weighted by molar-refractivity contribution is 6.02. The van der Waals surface area contributed by atoms with E-state index < -0.39 is 17.6 Å². The number of carbonyl (C=O) groups excluding carboxylic acids is 2. The highest BCUT2D eigenvalue weighted by Crippen LogP contribution is 2.31. The topological polar surface area (TPSA) is 96.7 Å². The molecule has 1 aliphatic heterocycles. The number of carbonyl (C=O) groups is 2. The predicted molar refractivity (Wildman–Crippen MR) is 132 cm³/mol. The van der Waals surface area contributed by atoms with Crippen molar-refractivity contribution >= 4 is 17.5 Å². The molecule has 1 aliphatic rings. The maximum atomic E-state index is 13.1. The fourth-order valence-corrected chi connectivity index (χ4v) is 3.71. The molecule has 1 unspecified atom stereocenters. The predicted octanol–water partition coefficient (Wildman–Crippen LogP) is 2.52. The maximum absolute atomic E-state index is 13.1. The first kappa shape index (κ1) is 24.0. The molecule has 0 saturated carbocycles. The van der Waals surface area contributed by atoms with Crippen molar-refractivity contribution in [1.82, 2.24) is 15.1 Å². The number of aliphatic hydroxyl groups is 1. The first-order chi connectivity index (χ1) is 16.6. The van der Waals surface area contributed by atoms with E-state index in [0.29, 0.717) is 23.5 Å². The number of aryl methyl sites for hydroxylation is 1. The normalized spacial score (nSPS) is 15.4. The van der Waals surface area contributed by atoms with Crippen molar-refractivity contribution < 1.29 is 19.4 Å². The average Bonchev–Trinajstić information content (AvgIpc) is 3.23. The number of fused-ring (bicyclic) bond motifs is 1. The van der Waals surface area contributed by atoms with Gasteiger partial charge in [0.15, 0.2) is 0 Å². The van der Waals surface area contributed by atoms with Gasteiger partial charge in [-0.25, -0.2) is 0 Å². The molecular weight excluding hydrogens is 444 g/mol. The van der Waals surface area contributed by atoms with E-state index in [1.54, 1.807) is 56.0 Å². The highest BCUT2D eigenvalue weighted by Gasteiger charge is 2.31. The van der Waals surface area contributed by atoms with Crippen LogP contribution < -0.4 is 15.0 Å². The lowest BCUT2D eigenvalue weighted by atomic mass is 10.1. The van der Waals surface area contributed by atoms with Crippen molar-refractivity contribution in [3.8, 4) is 17.6 Å². The van der Waals surface area contributed by atoms with E-state index in [9.17, 15) is 14.7 Å². The molecule has 4 rings (SSSR count). The van der Waals surface area contributed by atoms with Crippen LogP contribution >= 0.6 is 0 Å². The molecule has 1 atom stereocenters. The number of ether oxygens (including phenoxy) is 1. The molecule has 180 valence electrons. The Balaban J connectivity index is 1.45. The summed E-state index contributed by atoms with van der Waals surface area (Å²) in [6.45, 7) is 5.75. The van der Waals surface area contributed by atoms with Crippen LogP contribution in [0.5, 0.6) is 5.75 Å². The number of anilines is 1. The van der Waals surface area contributed by atoms with Gasteiger partial charge < -0.3 is 20.1 Å². The van der Waals surface area contributed by atoms with Gasteiger partial charge in [-0.15, -0.1) is 0 Å². The largest absolute Gasteiger partial charge is 0.489 e. The third-order valence-electron chi connectivity index (χ3n) is 5.47. The van der Waals surface area contributed by atoms with Gasteiger partial charge in [-0.1, -0.05) is 41.7 Å². The van der Waals surface area contributed by atoms with Gasteiger partial charge in [-0.05, 0) is 50.6 Å². The number of nitrogens with one attached hydrogen (secondary N) is 1. The number of benzene rings is 2. The molecule has 3 aromatic rings. The summed E-state index contributed by atoms with van der Waals surface area (Å²) in [7, 11) is 1.62. The second-order valence-electron chi connectivity index (χ2n) is 9.11. The number of nitrogens with zero attached hydrogens (tertiary/aromatic N) is 3. The lowest BCUT2D eigenvalue weighted by Crippen LogP contribution is -2.49. The molecule has 8 nitrogen and oxygen atoms in total. The van der Waals surface area contributed by atoms with Crippen molar-refractivity contribution in [2.24, 2.45) is 0 Å². The summed E-state index contributed by atoms with van der Waals surface area (Å²) >= 11 is 0. The zero-order valence-corrected chi connectivity index (χ0v) is 20.2. The SMILES string of the molecule is Cc1cccc(Cn2ccc(C(=O)NC3COc4ccc(C#CC(C)(C)O)cc4N(C)C3=O)n2)c1. The van der Waals surface area contributed by atoms with Gasteiger partial charge in [0.25, 0.3) is 11.8 Å². The fourth-order valence-electron chi connectivity index (χ4n) is 3.71. The minimum atomic E-state index is -1.13. The molecule has 0 spiro atoms. The molecule has 2 N–H and O–H groups in total. The summed E-state index contributed by atoms with van der Waals surface area (Å²) in [6, 6.07) is 14.0. The van der Waals surface area contributed by atoms with Crippen LogP contribution in [0.4, 0.5) is 5.69 Å². The van der Waals surface area contributed by atoms with Crippen LogP contribution in [0.25, 0.3) is 0 Å². The summed E-state index contributed by atoms with van der Waals surface area (Å²) in [6.07, 6.45) is 1.74. The van der Waals surface area contributed by atoms with Crippen LogP contribution in [-0.4, -0.2) is 52.0 Å². The molecule has 0 radical (unpaired) electrons. The van der Waals surface area contributed by atoms with Gasteiger partial charge in [0, 0.05) is 18.8 Å². The van der Waals surface area contributed by atoms with Crippen molar-refractivity contribution in [3.63, 3.8) is 0 Å². The second kappa shape index (κ2) is 9.65. The Morgan fingerprint density at radius 3 is 2.80 bits per heavy atom. The molecule has 2 heterocycles. The van der Waals surface area contributed by atoms with Gasteiger partial charge in [-0.2, -0.15) is 5.10 Å². The Morgan fingerprint density at radius 1 is 1.26 bits per heavy atom. The maximum Gasteiger partial charge on any atom is 0.272 e. The molecule has 2 amide bonds. The number of amides is 2. The van der Waals surface area contributed by atoms with Crippen LogP contribution in [0.15, 0.2) is 54.7 Å². The summed E-state index contributed by atoms with van der Waals surface area (Å²) in [5, 5.41) is 17.0. The number of aromatic nitrogens is 2. The number of rotatable bonds is 4. The van der Waals surface area contributed by atoms with E-state index in [2.05, 4.69) is 28.3 Å². The smallest absolute Gasteiger partial charge is 0.272 e. The van der Waals surface area contributed by atoms with Crippen molar-refractivity contribution in [3.05, 3.63) is 77.1 Å². The summed E-state index contributed by atoms with van der Waals surface area (Å²) in [4.78, 5) is 27.4. The molecule has 0 aliphatic carbocycles. The Labute approximate surface area is 204 Å². The van der Waals surface area contributed by atoms with Crippen LogP contribution in [0.3, 0.4) is 0 Å². The van der Waals surface area contributed by atoms with E-state index >= 15 is 0 Å². The minimum absolute atomic E-state index is 0.0133. The summed E-state index contributed by atoms with van der Waals surface area (Å²) in [5.41, 5.74) is 2.50. The zero-order chi connectivity index (χ0) is 25.2. The van der Waals surface area contributed by atoms with Crippen molar-refractivity contribution in [2.45, 2.75) is 39.0 Å². The zero-order valence-electron chi connectivity index (χ0n) is 20.2. The van der Waals surface area contributed by atoms with E-state index in [-0.39, 0.29) is 18.2 Å². The summed E-state index contributed by atoms with van der Waals surface area (Å²) in [5.74, 6) is 5.40. The van der Waals surface area contributed by atoms with Gasteiger partial charge in [-0.3, -0.25) is 14.3 Å². The fraction of sp³-hybridized carbons (Fsp3) is 0.296. The van der Waals surface area contributed by atoms with Crippen molar-refractivity contribution in [1.29, 1.82) is 0 Å². The Morgan fingerprint density at radius 2 is 2.06 bits per heavy atom. The Bertz CT molecular complexity index is 1330. The van der Waals surface area contributed by atoms with Crippen molar-refractivity contribution in [2.75, 3.05) is 18.6 Å². The molecule has 35 heavy (non-hydrogen) atoms. The van der Waals surface area contributed by atoms with E-state index in [1.807, 2.05) is 25.1 Å². The van der Waals surface area contributed by atoms with Gasteiger partial charge >= 0.3 is 0 Å². The molecule has 2 aromatic carbocycles. The quantitative estimate of drug-likeness (QED) is 0.569. The number of hydrogen-bond acceptors (Lipinski definition) is 5. The number of hydrogen-bond donors (Lipinski definition) is 2. The molecule has 0 fully saturated rings. The van der Waals surface area contributed by atoms with Gasteiger partial charge in [0.2, 0.25) is 0 Å². The Hall–Kier alpha value is -4.09. The molecule has 8 heteroatoms. The summed E-state index contributed by atoms with van der Waals surface area (Å²) < 4.78 is 7.52. The molecular formula is C27H28N4O4. The van der Waals surface area contributed by atoms with Crippen LogP contribution in [0.1, 0.15) is 41.0 Å². The van der Waals surface area contributed by atoms with E-state index in [4.69, 9.17) is 4.74 Å². The first-order valence-electron chi connectivity index (χ1n) is 11.3. The van der Waals surface area contributed by atoms with E-state index in [1.165, 1.54) is 4.90 Å². The molecule has 0 bridgehead atoms. The minimum Gasteiger partial charge on any atom is -0.489 e. The van der Waals surface area contributed by atoms with Crippen LogP contribution in [0, 0.1) is 18.8 Å². The number of likely N-dealkylation sites (N-methyl/N-ethyl adjacent to an activating group) is 1. The third kappa shape index (κ3) is 5.89. The van der Waals surface area contributed by atoms with E-state index in [0.717, 1.165) is 11.1 Å². The average molecular weight is 473 g/mol. The Kier molecular flexibility index (Phi) is 6.63. The molecule has 1 aromatic heterocycles. The second-order valence-corrected chi connectivity index (χ2v) is 9.11. The van der Waals surface area contributed by atoms with Gasteiger partial charge in [0.05, 0.1) is 12.2 Å². The third-order valence-corrected chi connectivity index (χ3v) is 5.47. The molecule has 0 saturated heterocycles. The lowest BCUT2D eigenvalue weighted by molar-refractivity contribution is -0.120. The van der Waals surface area contributed by atoms with Gasteiger partial charge in [0.1, 0.15) is 29.7 Å². The standard InChI is InChI=1S/C27H28N4O4/c1-18-6-5-7-20(14-18)16-31-13-11-21(29-31)25(32)28-22-17-35-24-9-8-19(10-12-27(2,3)34)15-23(24)30(4)26(22)33/h5-9,11,13-15,22,34H,16-17H2,1-4H3,(H,28,32). The van der Waals surface area contributed by atoms with Crippen LogP contribution in [0.2, 0.25) is 0 Å². The monoisotopic (exact) mass is 472 g/mol. The highest BCUT2D eigenvalue weighted by atomic mass is 16.5.